The van der Waals surface area contributed by atoms with E-state index in [1.54, 1.807) is 0 Å². The van der Waals surface area contributed by atoms with Crippen molar-refractivity contribution in [3.05, 3.63) is 35.9 Å². The molecule has 2 rings (SSSR count). The van der Waals surface area contributed by atoms with Crippen molar-refractivity contribution in [3.8, 4) is 0 Å². The third kappa shape index (κ3) is 5.06. The molecule has 1 aliphatic rings. The van der Waals surface area contributed by atoms with Gasteiger partial charge < -0.3 is 15.3 Å². The summed E-state index contributed by atoms with van der Waals surface area (Å²) >= 11 is 0. The standard InChI is InChI=1S/C18H26N2O3/c1-2-19-16(21)8-9-17(22)20-12-10-15(11-13-20)18(23)14-6-4-3-5-7-14/h3-7,15,18,23H,2,8-13H2,1H3,(H,19,21). The summed E-state index contributed by atoms with van der Waals surface area (Å²) in [5.41, 5.74) is 0.938. The predicted octanol–water partition coefficient (Wildman–Crippen LogP) is 1.87. The minimum atomic E-state index is -0.469. The lowest BCUT2D eigenvalue weighted by Gasteiger charge is -2.34. The van der Waals surface area contributed by atoms with E-state index in [9.17, 15) is 14.7 Å². The molecule has 5 nitrogen and oxygen atoms in total. The summed E-state index contributed by atoms with van der Waals surface area (Å²) in [5.74, 6) is 0.143. The van der Waals surface area contributed by atoms with E-state index >= 15 is 0 Å². The van der Waals surface area contributed by atoms with Gasteiger partial charge in [0.2, 0.25) is 11.8 Å². The highest BCUT2D eigenvalue weighted by molar-refractivity contribution is 5.83. The Morgan fingerprint density at radius 1 is 1.22 bits per heavy atom. The maximum Gasteiger partial charge on any atom is 0.223 e. The van der Waals surface area contributed by atoms with Gasteiger partial charge in [0.05, 0.1) is 6.10 Å². The lowest BCUT2D eigenvalue weighted by atomic mass is 9.87. The number of nitrogens with one attached hydrogen (secondary N) is 1. The van der Waals surface area contributed by atoms with Crippen LogP contribution in [-0.4, -0.2) is 41.5 Å². The molecule has 126 valence electrons. The molecule has 1 unspecified atom stereocenters. The number of aliphatic hydroxyl groups is 1. The Hall–Kier alpha value is -1.88. The van der Waals surface area contributed by atoms with Gasteiger partial charge in [0, 0.05) is 32.5 Å². The smallest absolute Gasteiger partial charge is 0.223 e. The Labute approximate surface area is 137 Å². The lowest BCUT2D eigenvalue weighted by Crippen LogP contribution is -2.40. The summed E-state index contributed by atoms with van der Waals surface area (Å²) < 4.78 is 0. The summed E-state index contributed by atoms with van der Waals surface area (Å²) in [6.45, 7) is 3.77. The molecule has 1 saturated heterocycles. The van der Waals surface area contributed by atoms with E-state index in [-0.39, 0.29) is 30.6 Å². The second kappa shape index (κ2) is 8.67. The molecule has 0 radical (unpaired) electrons. The van der Waals surface area contributed by atoms with Crippen LogP contribution in [0.1, 0.15) is 44.3 Å². The zero-order valence-electron chi connectivity index (χ0n) is 13.7. The van der Waals surface area contributed by atoms with Gasteiger partial charge in [0.25, 0.3) is 0 Å². The highest BCUT2D eigenvalue weighted by Gasteiger charge is 2.28. The number of carbonyl (C=O) groups is 2. The van der Waals surface area contributed by atoms with Crippen molar-refractivity contribution in [1.29, 1.82) is 0 Å². The molecule has 0 bridgehead atoms. The van der Waals surface area contributed by atoms with Crippen LogP contribution in [0.15, 0.2) is 30.3 Å². The van der Waals surface area contributed by atoms with Gasteiger partial charge in [-0.15, -0.1) is 0 Å². The van der Waals surface area contributed by atoms with Gasteiger partial charge in [0.1, 0.15) is 0 Å². The Morgan fingerprint density at radius 3 is 2.48 bits per heavy atom. The molecule has 2 N–H and O–H groups in total. The number of aliphatic hydroxyl groups excluding tert-OH is 1. The van der Waals surface area contributed by atoms with Crippen LogP contribution in [-0.2, 0) is 9.59 Å². The van der Waals surface area contributed by atoms with Gasteiger partial charge in [-0.05, 0) is 31.2 Å². The quantitative estimate of drug-likeness (QED) is 0.841. The fraction of sp³-hybridized carbons (Fsp3) is 0.556. The van der Waals surface area contributed by atoms with Crippen molar-refractivity contribution in [3.63, 3.8) is 0 Å². The molecule has 1 aromatic rings. The molecule has 1 aromatic carbocycles. The zero-order chi connectivity index (χ0) is 16.7. The van der Waals surface area contributed by atoms with Crippen LogP contribution in [0.2, 0.25) is 0 Å². The maximum absolute atomic E-state index is 12.1. The highest BCUT2D eigenvalue weighted by atomic mass is 16.3. The summed E-state index contributed by atoms with van der Waals surface area (Å²) in [7, 11) is 0. The molecule has 0 aliphatic carbocycles. The first-order valence-electron chi connectivity index (χ1n) is 8.39. The van der Waals surface area contributed by atoms with Crippen LogP contribution in [0.4, 0.5) is 0 Å². The Balaban J connectivity index is 1.77. The number of rotatable bonds is 6. The van der Waals surface area contributed by atoms with Crippen LogP contribution in [0.5, 0.6) is 0 Å². The monoisotopic (exact) mass is 318 g/mol. The molecule has 23 heavy (non-hydrogen) atoms. The van der Waals surface area contributed by atoms with E-state index in [1.165, 1.54) is 0 Å². The fourth-order valence-electron chi connectivity index (χ4n) is 3.05. The van der Waals surface area contributed by atoms with Crippen molar-refractivity contribution in [2.75, 3.05) is 19.6 Å². The predicted molar refractivity (Wildman–Crippen MR) is 88.6 cm³/mol. The van der Waals surface area contributed by atoms with Gasteiger partial charge in [-0.3, -0.25) is 9.59 Å². The van der Waals surface area contributed by atoms with E-state index in [2.05, 4.69) is 5.32 Å². The second-order valence-electron chi connectivity index (χ2n) is 6.03. The maximum atomic E-state index is 12.1. The highest BCUT2D eigenvalue weighted by Crippen LogP contribution is 2.30. The third-order valence-electron chi connectivity index (χ3n) is 4.42. The van der Waals surface area contributed by atoms with E-state index in [0.29, 0.717) is 19.6 Å². The van der Waals surface area contributed by atoms with Crippen molar-refractivity contribution in [2.24, 2.45) is 5.92 Å². The number of piperidine rings is 1. The van der Waals surface area contributed by atoms with Crippen molar-refractivity contribution in [2.45, 2.75) is 38.7 Å². The number of amides is 2. The third-order valence-corrected chi connectivity index (χ3v) is 4.42. The number of hydrogen-bond donors (Lipinski definition) is 2. The van der Waals surface area contributed by atoms with Gasteiger partial charge in [-0.1, -0.05) is 30.3 Å². The molecule has 5 heteroatoms. The van der Waals surface area contributed by atoms with E-state index < -0.39 is 6.10 Å². The van der Waals surface area contributed by atoms with Crippen molar-refractivity contribution in [1.82, 2.24) is 10.2 Å². The van der Waals surface area contributed by atoms with Crippen LogP contribution < -0.4 is 5.32 Å². The zero-order valence-corrected chi connectivity index (χ0v) is 13.7. The minimum absolute atomic E-state index is 0.0314. The molecule has 2 amide bonds. The molecule has 0 saturated carbocycles. The number of likely N-dealkylation sites (tertiary alicyclic amines) is 1. The second-order valence-corrected chi connectivity index (χ2v) is 6.03. The normalized spacial score (nSPS) is 16.9. The molecule has 1 fully saturated rings. The van der Waals surface area contributed by atoms with Crippen LogP contribution in [0.25, 0.3) is 0 Å². The average molecular weight is 318 g/mol. The van der Waals surface area contributed by atoms with Crippen molar-refractivity contribution < 1.29 is 14.7 Å². The largest absolute Gasteiger partial charge is 0.388 e. The molecule has 1 heterocycles. The number of nitrogens with zero attached hydrogens (tertiary/aromatic N) is 1. The van der Waals surface area contributed by atoms with Gasteiger partial charge in [-0.25, -0.2) is 0 Å². The molecular formula is C18H26N2O3. The van der Waals surface area contributed by atoms with E-state index in [1.807, 2.05) is 42.2 Å². The van der Waals surface area contributed by atoms with Crippen LogP contribution in [0, 0.1) is 5.92 Å². The molecule has 0 spiro atoms. The summed E-state index contributed by atoms with van der Waals surface area (Å²) in [6, 6.07) is 9.67. The van der Waals surface area contributed by atoms with Gasteiger partial charge >= 0.3 is 0 Å². The Morgan fingerprint density at radius 2 is 1.87 bits per heavy atom. The van der Waals surface area contributed by atoms with Crippen LogP contribution in [0.3, 0.4) is 0 Å². The SMILES string of the molecule is CCNC(=O)CCC(=O)N1CCC(C(O)c2ccccc2)CC1. The van der Waals surface area contributed by atoms with E-state index in [0.717, 1.165) is 18.4 Å². The first kappa shape index (κ1) is 17.5. The summed E-state index contributed by atoms with van der Waals surface area (Å²) in [4.78, 5) is 25.4. The fourth-order valence-corrected chi connectivity index (χ4v) is 3.05. The molecule has 0 aromatic heterocycles. The Kier molecular flexibility index (Phi) is 6.59. The van der Waals surface area contributed by atoms with Crippen molar-refractivity contribution >= 4 is 11.8 Å². The number of benzene rings is 1. The minimum Gasteiger partial charge on any atom is -0.388 e. The van der Waals surface area contributed by atoms with Gasteiger partial charge in [0.15, 0.2) is 0 Å². The Bertz CT molecular complexity index is 510. The van der Waals surface area contributed by atoms with Crippen LogP contribution >= 0.6 is 0 Å². The average Bonchev–Trinajstić information content (AvgIpc) is 2.60. The first-order valence-corrected chi connectivity index (χ1v) is 8.39. The van der Waals surface area contributed by atoms with Gasteiger partial charge in [-0.2, -0.15) is 0 Å². The lowest BCUT2D eigenvalue weighted by molar-refractivity contribution is -0.135. The molecule has 1 atom stereocenters. The summed E-state index contributed by atoms with van der Waals surface area (Å²) in [5, 5.41) is 13.2. The summed E-state index contributed by atoms with van der Waals surface area (Å²) in [6.07, 6.45) is 1.63. The molecule has 1 aliphatic heterocycles. The first-order chi connectivity index (χ1) is 11.1. The number of carbonyl (C=O) groups excluding carboxylic acids is 2. The molecular weight excluding hydrogens is 292 g/mol. The number of hydrogen-bond acceptors (Lipinski definition) is 3. The van der Waals surface area contributed by atoms with E-state index in [4.69, 9.17) is 0 Å². The topological polar surface area (TPSA) is 69.6 Å².